The van der Waals surface area contributed by atoms with E-state index < -0.39 is 11.8 Å². The zero-order valence-corrected chi connectivity index (χ0v) is 18.6. The zero-order chi connectivity index (χ0) is 23.2. The van der Waals surface area contributed by atoms with Gasteiger partial charge in [-0.2, -0.15) is 5.10 Å². The van der Waals surface area contributed by atoms with Gasteiger partial charge in [-0.15, -0.1) is 0 Å². The number of halogens is 4. The van der Waals surface area contributed by atoms with Crippen molar-refractivity contribution in [3.05, 3.63) is 29.7 Å². The molecule has 1 amide bonds. The molecule has 3 saturated carbocycles. The van der Waals surface area contributed by atoms with Gasteiger partial charge in [0.25, 0.3) is 0 Å². The fraction of sp³-hybridized carbons (Fsp3) is 0.708. The van der Waals surface area contributed by atoms with Crippen LogP contribution in [-0.2, 0) is 11.2 Å². The Kier molecular flexibility index (Phi) is 5.85. The van der Waals surface area contributed by atoms with E-state index in [1.165, 1.54) is 0 Å². The van der Waals surface area contributed by atoms with Crippen LogP contribution in [-0.4, -0.2) is 32.4 Å². The van der Waals surface area contributed by atoms with E-state index in [-0.39, 0.29) is 55.9 Å². The molecular weight excluding hydrogens is 436 g/mol. The van der Waals surface area contributed by atoms with Crippen LogP contribution < -0.4 is 5.32 Å². The predicted molar refractivity (Wildman–Crippen MR) is 114 cm³/mol. The molecule has 0 radical (unpaired) electrons. The summed E-state index contributed by atoms with van der Waals surface area (Å²) in [6, 6.07) is 1.72. The molecule has 3 aliphatic rings. The number of hydrogen-bond acceptors (Lipinski definition) is 3. The first-order chi connectivity index (χ1) is 15.7. The molecule has 0 bridgehead atoms. The molecule has 1 N–H and O–H groups in total. The van der Waals surface area contributed by atoms with Gasteiger partial charge in [0.2, 0.25) is 17.8 Å². The first kappa shape index (κ1) is 22.6. The normalized spacial score (nSPS) is 24.2. The Labute approximate surface area is 190 Å². The Balaban J connectivity index is 1.26. The summed E-state index contributed by atoms with van der Waals surface area (Å²) in [4.78, 5) is 17.2. The minimum Gasteiger partial charge on any atom is -0.349 e. The van der Waals surface area contributed by atoms with Crippen LogP contribution in [0.25, 0.3) is 5.65 Å². The van der Waals surface area contributed by atoms with Crippen molar-refractivity contribution in [2.75, 3.05) is 0 Å². The number of hydrogen-bond donors (Lipinski definition) is 1. The molecule has 2 aromatic heterocycles. The number of imidazole rings is 1. The lowest BCUT2D eigenvalue weighted by atomic mass is 9.76. The molecule has 0 spiro atoms. The third kappa shape index (κ3) is 5.17. The molecule has 5 rings (SSSR count). The first-order valence-corrected chi connectivity index (χ1v) is 12.0. The molecule has 1 atom stereocenters. The standard InChI is InChI=1S/C24H30F4N4O/c25-23(26)6-4-15(5-7-23)8-19-14-32-20(30-19)10-18(13-29-32)22(17-2-1-3-17)31-21(33)9-16-11-24(27,28)12-16/h10,13-17,22H,1-9,11-12H2,(H,31,33)/t22-/m1/s1. The molecule has 33 heavy (non-hydrogen) atoms. The second-order valence-corrected chi connectivity index (χ2v) is 10.4. The third-order valence-electron chi connectivity index (χ3n) is 7.67. The van der Waals surface area contributed by atoms with Gasteiger partial charge < -0.3 is 5.32 Å². The van der Waals surface area contributed by atoms with E-state index in [4.69, 9.17) is 0 Å². The predicted octanol–water partition coefficient (Wildman–Crippen LogP) is 5.49. The van der Waals surface area contributed by atoms with Crippen LogP contribution in [0.4, 0.5) is 17.6 Å². The lowest BCUT2D eigenvalue weighted by Crippen LogP contribution is -2.41. The summed E-state index contributed by atoms with van der Waals surface area (Å²) in [7, 11) is 0. The monoisotopic (exact) mass is 466 g/mol. The Bertz CT molecular complexity index is 1000. The molecule has 9 heteroatoms. The summed E-state index contributed by atoms with van der Waals surface area (Å²) < 4.78 is 54.8. The average Bonchev–Trinajstić information content (AvgIpc) is 3.08. The van der Waals surface area contributed by atoms with Crippen molar-refractivity contribution in [2.45, 2.75) is 88.5 Å². The van der Waals surface area contributed by atoms with Gasteiger partial charge in [0, 0.05) is 32.1 Å². The summed E-state index contributed by atoms with van der Waals surface area (Å²) in [5, 5.41) is 7.55. The Morgan fingerprint density at radius 3 is 2.45 bits per heavy atom. The Morgan fingerprint density at radius 1 is 1.09 bits per heavy atom. The minimum absolute atomic E-state index is 0.0608. The van der Waals surface area contributed by atoms with E-state index >= 15 is 0 Å². The van der Waals surface area contributed by atoms with Crippen LogP contribution in [0, 0.1) is 17.8 Å². The molecule has 0 aliphatic heterocycles. The maximum atomic E-state index is 13.4. The summed E-state index contributed by atoms with van der Waals surface area (Å²) in [5.41, 5.74) is 2.37. The van der Waals surface area contributed by atoms with Crippen LogP contribution in [0.3, 0.4) is 0 Å². The van der Waals surface area contributed by atoms with Crippen LogP contribution >= 0.6 is 0 Å². The molecule has 0 saturated heterocycles. The maximum Gasteiger partial charge on any atom is 0.248 e. The van der Waals surface area contributed by atoms with Crippen molar-refractivity contribution in [3.63, 3.8) is 0 Å². The summed E-state index contributed by atoms with van der Waals surface area (Å²) in [5.74, 6) is -5.09. The van der Waals surface area contributed by atoms with Gasteiger partial charge in [0.1, 0.15) is 0 Å². The van der Waals surface area contributed by atoms with Crippen LogP contribution in [0.15, 0.2) is 18.5 Å². The average molecular weight is 467 g/mol. The second kappa shape index (κ2) is 8.55. The van der Waals surface area contributed by atoms with E-state index in [2.05, 4.69) is 15.4 Å². The lowest BCUT2D eigenvalue weighted by Gasteiger charge is -2.37. The molecule has 5 nitrogen and oxygen atoms in total. The van der Waals surface area contributed by atoms with Gasteiger partial charge in [-0.05, 0) is 61.5 Å². The highest BCUT2D eigenvalue weighted by atomic mass is 19.3. The van der Waals surface area contributed by atoms with E-state index in [0.29, 0.717) is 30.8 Å². The van der Waals surface area contributed by atoms with Crippen molar-refractivity contribution < 1.29 is 22.4 Å². The number of amides is 1. The van der Waals surface area contributed by atoms with Gasteiger partial charge in [0.05, 0.1) is 24.1 Å². The number of carbonyl (C=O) groups is 1. The molecule has 0 aromatic carbocycles. The number of rotatable bonds is 7. The maximum absolute atomic E-state index is 13.4. The molecule has 0 unspecified atom stereocenters. The van der Waals surface area contributed by atoms with Crippen molar-refractivity contribution >= 4 is 11.6 Å². The third-order valence-corrected chi connectivity index (χ3v) is 7.67. The topological polar surface area (TPSA) is 59.3 Å². The largest absolute Gasteiger partial charge is 0.349 e. The van der Waals surface area contributed by atoms with E-state index in [9.17, 15) is 22.4 Å². The number of nitrogens with zero attached hydrogens (tertiary/aromatic N) is 3. The second-order valence-electron chi connectivity index (χ2n) is 10.4. The summed E-state index contributed by atoms with van der Waals surface area (Å²) in [6.07, 6.45) is 7.94. The van der Waals surface area contributed by atoms with Crippen LogP contribution in [0.5, 0.6) is 0 Å². The smallest absolute Gasteiger partial charge is 0.248 e. The van der Waals surface area contributed by atoms with Gasteiger partial charge in [-0.25, -0.2) is 27.1 Å². The number of nitrogens with one attached hydrogen (secondary N) is 1. The molecule has 2 aromatic rings. The molecule has 3 fully saturated rings. The fourth-order valence-electron chi connectivity index (χ4n) is 5.48. The highest BCUT2D eigenvalue weighted by Crippen LogP contribution is 2.44. The molecule has 180 valence electrons. The number of carbonyl (C=O) groups excluding carboxylic acids is 1. The van der Waals surface area contributed by atoms with Crippen LogP contribution in [0.2, 0.25) is 0 Å². The Morgan fingerprint density at radius 2 is 1.82 bits per heavy atom. The van der Waals surface area contributed by atoms with Gasteiger partial charge in [-0.3, -0.25) is 4.79 Å². The molecular formula is C24H30F4N4O. The number of fused-ring (bicyclic) bond motifs is 1. The van der Waals surface area contributed by atoms with Crippen molar-refractivity contribution in [1.82, 2.24) is 19.9 Å². The highest BCUT2D eigenvalue weighted by Gasteiger charge is 2.46. The van der Waals surface area contributed by atoms with Crippen molar-refractivity contribution in [3.8, 4) is 0 Å². The van der Waals surface area contributed by atoms with E-state index in [1.807, 2.05) is 12.3 Å². The van der Waals surface area contributed by atoms with Crippen molar-refractivity contribution in [1.29, 1.82) is 0 Å². The van der Waals surface area contributed by atoms with Gasteiger partial charge in [0.15, 0.2) is 5.65 Å². The van der Waals surface area contributed by atoms with E-state index in [0.717, 1.165) is 30.5 Å². The minimum atomic E-state index is -2.62. The number of alkyl halides is 4. The summed E-state index contributed by atoms with van der Waals surface area (Å²) in [6.45, 7) is 0. The fourth-order valence-corrected chi connectivity index (χ4v) is 5.48. The van der Waals surface area contributed by atoms with E-state index in [1.54, 1.807) is 10.7 Å². The number of aromatic nitrogens is 3. The first-order valence-electron chi connectivity index (χ1n) is 12.0. The van der Waals surface area contributed by atoms with Gasteiger partial charge >= 0.3 is 0 Å². The van der Waals surface area contributed by atoms with Crippen LogP contribution in [0.1, 0.15) is 81.5 Å². The zero-order valence-electron chi connectivity index (χ0n) is 18.6. The van der Waals surface area contributed by atoms with Crippen molar-refractivity contribution in [2.24, 2.45) is 17.8 Å². The highest BCUT2D eigenvalue weighted by molar-refractivity contribution is 5.77. The summed E-state index contributed by atoms with van der Waals surface area (Å²) >= 11 is 0. The molecule has 3 aliphatic carbocycles. The van der Waals surface area contributed by atoms with Gasteiger partial charge in [-0.1, -0.05) is 6.42 Å². The lowest BCUT2D eigenvalue weighted by molar-refractivity contribution is -0.134. The Hall–Kier alpha value is -2.19. The molecule has 2 heterocycles. The SMILES string of the molecule is O=C(CC1CC(F)(F)C1)N[C@@H](c1cnn2cc(CC3CCC(F)(F)CC3)nc2c1)C1CCC1. The quantitative estimate of drug-likeness (QED) is 0.549.